The summed E-state index contributed by atoms with van der Waals surface area (Å²) in [5, 5.41) is 8.69. The third-order valence-electron chi connectivity index (χ3n) is 3.38. The first-order valence-corrected chi connectivity index (χ1v) is 6.52. The third-order valence-corrected chi connectivity index (χ3v) is 3.38. The van der Waals surface area contributed by atoms with E-state index in [1.54, 1.807) is 0 Å². The van der Waals surface area contributed by atoms with Crippen molar-refractivity contribution >= 4 is 11.9 Å². The van der Waals surface area contributed by atoms with Crippen LogP contribution in [0.1, 0.15) is 17.5 Å². The molecule has 0 unspecified atom stereocenters. The number of alkyl halides is 3. The van der Waals surface area contributed by atoms with E-state index in [1.165, 1.54) is 12.1 Å². The molecule has 1 aromatic carbocycles. The summed E-state index contributed by atoms with van der Waals surface area (Å²) in [4.78, 5) is 22.4. The fourth-order valence-electron chi connectivity index (χ4n) is 2.04. The summed E-state index contributed by atoms with van der Waals surface area (Å²) in [6, 6.07) is 4.20. The number of hydrogen-bond acceptors (Lipinski definition) is 4. The number of rotatable bonds is 5. The molecule has 0 atom stereocenters. The number of ether oxygens (including phenoxy) is 2. The molecule has 0 radical (unpaired) electrons. The molecule has 1 saturated heterocycles. The number of carboxylic acid groups (broad SMARTS) is 1. The number of esters is 1. The Bertz CT molecular complexity index is 630. The molecule has 1 heterocycles. The largest absolute Gasteiger partial charge is 0.478 e. The molecule has 23 heavy (non-hydrogen) atoms. The Morgan fingerprint density at radius 1 is 1.26 bits per heavy atom. The van der Waals surface area contributed by atoms with Crippen LogP contribution in [0.25, 0.3) is 0 Å². The lowest BCUT2D eigenvalue weighted by Gasteiger charge is -2.41. The van der Waals surface area contributed by atoms with Gasteiger partial charge in [-0.3, -0.25) is 4.79 Å². The molecular formula is C15H13F3O5. The Kier molecular flexibility index (Phi) is 4.46. The Hall–Kier alpha value is -2.35. The Labute approximate surface area is 129 Å². The summed E-state index contributed by atoms with van der Waals surface area (Å²) in [5.41, 5.74) is -1.99. The van der Waals surface area contributed by atoms with Gasteiger partial charge in [0.1, 0.15) is 0 Å². The molecule has 1 aromatic rings. The summed E-state index contributed by atoms with van der Waals surface area (Å²) >= 11 is 0. The van der Waals surface area contributed by atoms with E-state index in [0.717, 1.165) is 12.1 Å². The maximum Gasteiger partial charge on any atom is 0.416 e. The van der Waals surface area contributed by atoms with Crippen molar-refractivity contribution in [1.29, 1.82) is 0 Å². The highest BCUT2D eigenvalue weighted by Crippen LogP contribution is 2.36. The Morgan fingerprint density at radius 2 is 1.83 bits per heavy atom. The molecular weight excluding hydrogens is 317 g/mol. The molecule has 0 spiro atoms. The van der Waals surface area contributed by atoms with Crippen LogP contribution in [-0.2, 0) is 30.8 Å². The van der Waals surface area contributed by atoms with Gasteiger partial charge in [0.05, 0.1) is 25.2 Å². The SMILES string of the molecule is C=C(CC(=O)OC1(c2ccc(C(F)(F)F)cc2)COC1)C(=O)O. The van der Waals surface area contributed by atoms with Crippen molar-refractivity contribution in [2.45, 2.75) is 18.2 Å². The summed E-state index contributed by atoms with van der Waals surface area (Å²) in [6.07, 6.45) is -4.98. The minimum Gasteiger partial charge on any atom is -0.478 e. The van der Waals surface area contributed by atoms with Crippen LogP contribution >= 0.6 is 0 Å². The molecule has 2 rings (SSSR count). The van der Waals surface area contributed by atoms with Crippen molar-refractivity contribution in [3.63, 3.8) is 0 Å². The van der Waals surface area contributed by atoms with Crippen LogP contribution in [0.5, 0.6) is 0 Å². The van der Waals surface area contributed by atoms with Gasteiger partial charge in [0.25, 0.3) is 0 Å². The molecule has 0 aliphatic carbocycles. The lowest BCUT2D eigenvalue weighted by molar-refractivity contribution is -0.218. The highest BCUT2D eigenvalue weighted by Gasteiger charge is 2.45. The van der Waals surface area contributed by atoms with Crippen LogP contribution in [0.3, 0.4) is 0 Å². The van der Waals surface area contributed by atoms with Crippen LogP contribution in [-0.4, -0.2) is 30.3 Å². The number of aliphatic carboxylic acids is 1. The number of benzene rings is 1. The molecule has 0 amide bonds. The molecule has 124 valence electrons. The molecule has 1 N–H and O–H groups in total. The first-order valence-electron chi connectivity index (χ1n) is 6.52. The van der Waals surface area contributed by atoms with Crippen molar-refractivity contribution in [2.24, 2.45) is 0 Å². The lowest BCUT2D eigenvalue weighted by atomic mass is 9.91. The fourth-order valence-corrected chi connectivity index (χ4v) is 2.04. The van der Waals surface area contributed by atoms with Gasteiger partial charge >= 0.3 is 18.1 Å². The van der Waals surface area contributed by atoms with Gasteiger partial charge in [-0.1, -0.05) is 18.7 Å². The van der Waals surface area contributed by atoms with Crippen LogP contribution in [0, 0.1) is 0 Å². The predicted octanol–water partition coefficient (Wildman–Crippen LogP) is 2.50. The van der Waals surface area contributed by atoms with E-state index in [2.05, 4.69) is 6.58 Å². The molecule has 0 bridgehead atoms. The van der Waals surface area contributed by atoms with Crippen LogP contribution in [0.15, 0.2) is 36.4 Å². The van der Waals surface area contributed by atoms with E-state index in [-0.39, 0.29) is 18.8 Å². The second-order valence-corrected chi connectivity index (χ2v) is 5.12. The molecule has 5 nitrogen and oxygen atoms in total. The molecule has 0 aromatic heterocycles. The van der Waals surface area contributed by atoms with E-state index in [0.29, 0.717) is 5.56 Å². The first-order chi connectivity index (χ1) is 10.6. The minimum absolute atomic E-state index is 0.0103. The smallest absolute Gasteiger partial charge is 0.416 e. The third kappa shape index (κ3) is 3.70. The zero-order chi connectivity index (χ0) is 17.3. The first kappa shape index (κ1) is 17.0. The molecule has 8 heteroatoms. The van der Waals surface area contributed by atoms with Crippen molar-refractivity contribution in [1.82, 2.24) is 0 Å². The van der Waals surface area contributed by atoms with Crippen molar-refractivity contribution in [3.05, 3.63) is 47.5 Å². The van der Waals surface area contributed by atoms with Gasteiger partial charge in [-0.2, -0.15) is 13.2 Å². The minimum atomic E-state index is -4.46. The van der Waals surface area contributed by atoms with E-state index >= 15 is 0 Å². The number of hydrogen-bond donors (Lipinski definition) is 1. The maximum absolute atomic E-state index is 12.6. The quantitative estimate of drug-likeness (QED) is 0.663. The zero-order valence-corrected chi connectivity index (χ0v) is 11.9. The monoisotopic (exact) mass is 330 g/mol. The summed E-state index contributed by atoms with van der Waals surface area (Å²) < 4.78 is 47.9. The number of carbonyl (C=O) groups excluding carboxylic acids is 1. The zero-order valence-electron chi connectivity index (χ0n) is 11.9. The molecule has 1 aliphatic heterocycles. The number of carboxylic acids is 1. The van der Waals surface area contributed by atoms with Crippen molar-refractivity contribution in [2.75, 3.05) is 13.2 Å². The van der Waals surface area contributed by atoms with Crippen LogP contribution in [0.4, 0.5) is 13.2 Å². The van der Waals surface area contributed by atoms with E-state index in [4.69, 9.17) is 14.6 Å². The summed E-state index contributed by atoms with van der Waals surface area (Å²) in [7, 11) is 0. The predicted molar refractivity (Wildman–Crippen MR) is 71.4 cm³/mol. The second-order valence-electron chi connectivity index (χ2n) is 5.12. The summed E-state index contributed by atoms with van der Waals surface area (Å²) in [5.74, 6) is -2.16. The molecule has 1 aliphatic rings. The number of carbonyl (C=O) groups is 2. The highest BCUT2D eigenvalue weighted by molar-refractivity contribution is 5.91. The highest BCUT2D eigenvalue weighted by atomic mass is 19.4. The summed E-state index contributed by atoms with van der Waals surface area (Å²) in [6.45, 7) is 3.20. The standard InChI is InChI=1S/C15H13F3O5/c1-9(13(20)21)6-12(19)23-14(7-22-8-14)10-2-4-11(5-3-10)15(16,17)18/h2-5H,1,6-8H2,(H,20,21). The van der Waals surface area contributed by atoms with Crippen molar-refractivity contribution < 1.29 is 37.3 Å². The molecule has 1 fully saturated rings. The normalized spacial score (nSPS) is 16.3. The van der Waals surface area contributed by atoms with Crippen LogP contribution in [0.2, 0.25) is 0 Å². The van der Waals surface area contributed by atoms with Gasteiger partial charge < -0.3 is 14.6 Å². The molecule has 0 saturated carbocycles. The van der Waals surface area contributed by atoms with Gasteiger partial charge in [-0.05, 0) is 12.1 Å². The van der Waals surface area contributed by atoms with Gasteiger partial charge in [-0.15, -0.1) is 0 Å². The van der Waals surface area contributed by atoms with Gasteiger partial charge in [0.2, 0.25) is 0 Å². The second kappa shape index (κ2) is 6.04. The Balaban J connectivity index is 2.13. The lowest BCUT2D eigenvalue weighted by Crippen LogP contribution is -2.50. The Morgan fingerprint density at radius 3 is 2.22 bits per heavy atom. The average Bonchev–Trinajstić information content (AvgIpc) is 2.42. The van der Waals surface area contributed by atoms with E-state index in [9.17, 15) is 22.8 Å². The van der Waals surface area contributed by atoms with Gasteiger partial charge in [0, 0.05) is 11.1 Å². The van der Waals surface area contributed by atoms with E-state index in [1.807, 2.05) is 0 Å². The van der Waals surface area contributed by atoms with Gasteiger partial charge in [0.15, 0.2) is 5.60 Å². The number of halogens is 3. The van der Waals surface area contributed by atoms with Crippen LogP contribution < -0.4 is 0 Å². The van der Waals surface area contributed by atoms with Crippen molar-refractivity contribution in [3.8, 4) is 0 Å². The fraction of sp³-hybridized carbons (Fsp3) is 0.333. The van der Waals surface area contributed by atoms with E-state index < -0.39 is 35.7 Å². The average molecular weight is 330 g/mol. The maximum atomic E-state index is 12.6. The topological polar surface area (TPSA) is 72.8 Å². The van der Waals surface area contributed by atoms with Gasteiger partial charge in [-0.25, -0.2) is 4.79 Å².